The molecule has 0 saturated carbocycles. The van der Waals surface area contributed by atoms with E-state index in [0.29, 0.717) is 5.56 Å². The molecule has 38 heavy (non-hydrogen) atoms. The molecular formula is C32H26N2O4. The molecule has 0 heterocycles. The van der Waals surface area contributed by atoms with E-state index in [4.69, 9.17) is 19.8 Å². The first-order valence-corrected chi connectivity index (χ1v) is 11.8. The van der Waals surface area contributed by atoms with E-state index in [9.17, 15) is 4.79 Å². The number of carbonyl (C=O) groups is 1. The number of nitrogens with zero attached hydrogens (tertiary/aromatic N) is 2. The molecule has 0 aliphatic rings. The zero-order chi connectivity index (χ0) is 26.9. The number of nitriles is 1. The third-order valence-corrected chi connectivity index (χ3v) is 5.88. The first-order chi connectivity index (χ1) is 18.5. The molecule has 0 aliphatic heterocycles. The molecule has 0 aliphatic carbocycles. The van der Waals surface area contributed by atoms with E-state index in [-0.39, 0.29) is 5.57 Å². The fraction of sp³-hybridized carbons (Fsp3) is 0.0625. The third kappa shape index (κ3) is 6.28. The summed E-state index contributed by atoms with van der Waals surface area (Å²) in [7, 11) is 3.30. The quantitative estimate of drug-likeness (QED) is 0.147. The number of hydrogen-bond donors (Lipinski definition) is 1. The van der Waals surface area contributed by atoms with Crippen molar-refractivity contribution in [1.29, 1.82) is 5.26 Å². The van der Waals surface area contributed by atoms with Crippen molar-refractivity contribution in [2.75, 3.05) is 19.1 Å². The van der Waals surface area contributed by atoms with E-state index < -0.39 is 5.97 Å². The maximum atomic E-state index is 11.0. The summed E-state index contributed by atoms with van der Waals surface area (Å²) in [5.74, 6) is 0.346. The van der Waals surface area contributed by atoms with Crippen LogP contribution in [0.4, 0.5) is 17.1 Å². The number of benzene rings is 4. The third-order valence-electron chi connectivity index (χ3n) is 5.88. The normalized spacial score (nSPS) is 11.1. The number of anilines is 3. The Morgan fingerprint density at radius 3 is 1.42 bits per heavy atom. The first kappa shape index (κ1) is 25.8. The lowest BCUT2D eigenvalue weighted by molar-refractivity contribution is -0.132. The molecule has 4 aromatic rings. The lowest BCUT2D eigenvalue weighted by Crippen LogP contribution is -2.09. The highest BCUT2D eigenvalue weighted by atomic mass is 16.5. The van der Waals surface area contributed by atoms with Crippen molar-refractivity contribution in [2.45, 2.75) is 0 Å². The predicted molar refractivity (Wildman–Crippen MR) is 151 cm³/mol. The second-order valence-electron chi connectivity index (χ2n) is 8.30. The topological polar surface area (TPSA) is 82.8 Å². The Balaban J connectivity index is 1.56. The van der Waals surface area contributed by atoms with Crippen LogP contribution >= 0.6 is 0 Å². The minimum Gasteiger partial charge on any atom is -0.497 e. The van der Waals surface area contributed by atoms with Gasteiger partial charge in [-0.1, -0.05) is 48.6 Å². The number of aliphatic carboxylic acids is 1. The van der Waals surface area contributed by atoms with Crippen molar-refractivity contribution in [1.82, 2.24) is 0 Å². The average Bonchev–Trinajstić information content (AvgIpc) is 2.96. The molecular weight excluding hydrogens is 476 g/mol. The van der Waals surface area contributed by atoms with Gasteiger partial charge in [0.15, 0.2) is 0 Å². The molecule has 4 rings (SSSR count). The van der Waals surface area contributed by atoms with Gasteiger partial charge in [0.2, 0.25) is 0 Å². The van der Waals surface area contributed by atoms with Gasteiger partial charge in [0, 0.05) is 17.1 Å². The molecule has 0 fully saturated rings. The molecule has 0 aromatic heterocycles. The van der Waals surface area contributed by atoms with Gasteiger partial charge in [0.1, 0.15) is 23.1 Å². The van der Waals surface area contributed by atoms with Crippen molar-refractivity contribution in [2.24, 2.45) is 0 Å². The molecule has 0 unspecified atom stereocenters. The van der Waals surface area contributed by atoms with Crippen molar-refractivity contribution in [3.8, 4) is 17.6 Å². The summed E-state index contributed by atoms with van der Waals surface area (Å²) in [5.41, 5.74) is 5.33. The van der Waals surface area contributed by atoms with Crippen LogP contribution in [0.1, 0.15) is 16.7 Å². The van der Waals surface area contributed by atoms with Crippen molar-refractivity contribution in [3.63, 3.8) is 0 Å². The van der Waals surface area contributed by atoms with E-state index in [1.165, 1.54) is 6.08 Å². The van der Waals surface area contributed by atoms with Gasteiger partial charge < -0.3 is 19.5 Å². The molecule has 0 radical (unpaired) electrons. The van der Waals surface area contributed by atoms with E-state index in [0.717, 1.165) is 39.7 Å². The Morgan fingerprint density at radius 2 is 1.05 bits per heavy atom. The molecule has 188 valence electrons. The van der Waals surface area contributed by atoms with Crippen LogP contribution in [0.3, 0.4) is 0 Å². The maximum absolute atomic E-state index is 11.0. The molecule has 0 amide bonds. The Kier molecular flexibility index (Phi) is 8.22. The standard InChI is InChI=1S/C32H26N2O4/c1-37-30-17-13-28(14-18-30)34(29-15-19-31(38-2)20-16-29)27-11-9-24(10-12-27)4-3-23-5-7-25(8-6-23)21-26(22-33)32(35)36/h3-21H,1-2H3,(H,35,36)/b4-3+,26-21-. The van der Waals surface area contributed by atoms with Crippen LogP contribution in [0.2, 0.25) is 0 Å². The molecule has 0 spiro atoms. The van der Waals surface area contributed by atoms with E-state index in [1.807, 2.05) is 72.8 Å². The average molecular weight is 503 g/mol. The molecule has 1 N–H and O–H groups in total. The number of carboxylic acids is 1. The Hall–Kier alpha value is -5.28. The molecule has 0 saturated heterocycles. The second-order valence-corrected chi connectivity index (χ2v) is 8.30. The van der Waals surface area contributed by atoms with Crippen LogP contribution in [-0.2, 0) is 4.79 Å². The highest BCUT2D eigenvalue weighted by Crippen LogP contribution is 2.36. The maximum Gasteiger partial charge on any atom is 0.346 e. The summed E-state index contributed by atoms with van der Waals surface area (Å²) in [6.07, 6.45) is 5.35. The van der Waals surface area contributed by atoms with Crippen LogP contribution in [0, 0.1) is 11.3 Å². The molecule has 6 nitrogen and oxygen atoms in total. The van der Waals surface area contributed by atoms with Crippen molar-refractivity contribution in [3.05, 3.63) is 119 Å². The van der Waals surface area contributed by atoms with Crippen molar-refractivity contribution >= 4 is 41.3 Å². The molecule has 0 atom stereocenters. The summed E-state index contributed by atoms with van der Waals surface area (Å²) in [4.78, 5) is 13.2. The monoisotopic (exact) mass is 502 g/mol. The summed E-state index contributed by atoms with van der Waals surface area (Å²) < 4.78 is 10.7. The van der Waals surface area contributed by atoms with Crippen LogP contribution in [0.15, 0.2) is 103 Å². The summed E-state index contributed by atoms with van der Waals surface area (Å²) in [6.45, 7) is 0. The predicted octanol–water partition coefficient (Wildman–Crippen LogP) is 7.34. The van der Waals surface area contributed by atoms with Gasteiger partial charge >= 0.3 is 5.97 Å². The number of methoxy groups -OCH3 is 2. The Bertz CT molecular complexity index is 1430. The van der Waals surface area contributed by atoms with E-state index >= 15 is 0 Å². The van der Waals surface area contributed by atoms with Gasteiger partial charge in [0.25, 0.3) is 0 Å². The lowest BCUT2D eigenvalue weighted by atomic mass is 10.1. The molecule has 6 heteroatoms. The van der Waals surface area contributed by atoms with Gasteiger partial charge in [-0.3, -0.25) is 0 Å². The summed E-state index contributed by atoms with van der Waals surface area (Å²) in [6, 6.07) is 33.1. The zero-order valence-electron chi connectivity index (χ0n) is 21.0. The Morgan fingerprint density at radius 1 is 0.684 bits per heavy atom. The number of carboxylic acid groups (broad SMARTS) is 1. The van der Waals surface area contributed by atoms with Crippen LogP contribution in [0.25, 0.3) is 18.2 Å². The number of rotatable bonds is 9. The second kappa shape index (κ2) is 12.1. The van der Waals surface area contributed by atoms with Crippen LogP contribution in [-0.4, -0.2) is 25.3 Å². The van der Waals surface area contributed by atoms with E-state index in [2.05, 4.69) is 29.2 Å². The summed E-state index contributed by atoms with van der Waals surface area (Å²) in [5, 5.41) is 17.9. The fourth-order valence-corrected chi connectivity index (χ4v) is 3.85. The zero-order valence-corrected chi connectivity index (χ0v) is 21.0. The first-order valence-electron chi connectivity index (χ1n) is 11.8. The van der Waals surface area contributed by atoms with Crippen LogP contribution in [0.5, 0.6) is 11.5 Å². The highest BCUT2D eigenvalue weighted by molar-refractivity contribution is 5.96. The van der Waals surface area contributed by atoms with Crippen LogP contribution < -0.4 is 14.4 Å². The molecule has 0 bridgehead atoms. The number of hydrogen-bond acceptors (Lipinski definition) is 5. The Labute approximate surface area is 221 Å². The SMILES string of the molecule is COc1ccc(N(c2ccc(/C=C/c3ccc(/C=C(/C#N)C(=O)O)cc3)cc2)c2ccc(OC)cc2)cc1. The highest BCUT2D eigenvalue weighted by Gasteiger charge is 2.13. The lowest BCUT2D eigenvalue weighted by Gasteiger charge is -2.26. The van der Waals surface area contributed by atoms with Crippen molar-refractivity contribution < 1.29 is 19.4 Å². The van der Waals surface area contributed by atoms with Gasteiger partial charge in [-0.2, -0.15) is 5.26 Å². The van der Waals surface area contributed by atoms with Gasteiger partial charge in [-0.25, -0.2) is 4.79 Å². The smallest absolute Gasteiger partial charge is 0.346 e. The van der Waals surface area contributed by atoms with Gasteiger partial charge in [0.05, 0.1) is 14.2 Å². The largest absolute Gasteiger partial charge is 0.497 e. The molecule has 4 aromatic carbocycles. The summed E-state index contributed by atoms with van der Waals surface area (Å²) >= 11 is 0. The van der Waals surface area contributed by atoms with Gasteiger partial charge in [-0.15, -0.1) is 0 Å². The fourth-order valence-electron chi connectivity index (χ4n) is 3.85. The van der Waals surface area contributed by atoms with Gasteiger partial charge in [-0.05, 0) is 83.4 Å². The number of ether oxygens (including phenoxy) is 2. The minimum absolute atomic E-state index is 0.299. The minimum atomic E-state index is -1.24. The van der Waals surface area contributed by atoms with E-state index in [1.54, 1.807) is 32.4 Å².